The van der Waals surface area contributed by atoms with Crippen molar-refractivity contribution < 1.29 is 9.59 Å². The molecule has 0 aromatic heterocycles. The monoisotopic (exact) mass is 294 g/mol. The van der Waals surface area contributed by atoms with E-state index in [9.17, 15) is 9.59 Å². The van der Waals surface area contributed by atoms with E-state index in [2.05, 4.69) is 0 Å². The smallest absolute Gasteiger partial charge is 0.258 e. The van der Waals surface area contributed by atoms with E-state index >= 15 is 0 Å². The minimum atomic E-state index is -0.0317. The molecule has 2 aromatic rings. The van der Waals surface area contributed by atoms with Crippen LogP contribution in [0.25, 0.3) is 0 Å². The zero-order valence-electron chi connectivity index (χ0n) is 12.5. The molecule has 3 rings (SSSR count). The lowest BCUT2D eigenvalue weighted by Gasteiger charge is -2.31. The summed E-state index contributed by atoms with van der Waals surface area (Å²) in [6, 6.07) is 16.8. The van der Waals surface area contributed by atoms with Gasteiger partial charge < -0.3 is 9.80 Å². The molecule has 1 heterocycles. The first-order chi connectivity index (χ1) is 10.7. The van der Waals surface area contributed by atoms with E-state index in [4.69, 9.17) is 0 Å². The molecule has 4 nitrogen and oxygen atoms in total. The van der Waals surface area contributed by atoms with Gasteiger partial charge in [0.1, 0.15) is 0 Å². The average molecular weight is 294 g/mol. The number of benzene rings is 2. The molecule has 0 aliphatic carbocycles. The molecule has 2 amide bonds. The zero-order chi connectivity index (χ0) is 15.5. The lowest BCUT2D eigenvalue weighted by atomic mass is 10.1. The molecule has 0 unspecified atom stereocenters. The molecule has 0 saturated carbocycles. The van der Waals surface area contributed by atoms with Crippen molar-refractivity contribution in [1.82, 2.24) is 0 Å². The molecule has 0 atom stereocenters. The average Bonchev–Trinajstić information content (AvgIpc) is 2.57. The normalized spacial score (nSPS) is 15.0. The highest BCUT2D eigenvalue weighted by molar-refractivity contribution is 6.09. The van der Waals surface area contributed by atoms with Gasteiger partial charge in [-0.05, 0) is 30.7 Å². The van der Waals surface area contributed by atoms with Gasteiger partial charge in [0, 0.05) is 25.6 Å². The molecule has 0 N–H and O–H groups in total. The maximum Gasteiger partial charge on any atom is 0.258 e. The Hall–Kier alpha value is -2.62. The van der Waals surface area contributed by atoms with Gasteiger partial charge in [-0.2, -0.15) is 0 Å². The molecule has 0 bridgehead atoms. The summed E-state index contributed by atoms with van der Waals surface area (Å²) in [5.41, 5.74) is 2.22. The van der Waals surface area contributed by atoms with Crippen molar-refractivity contribution in [1.29, 1.82) is 0 Å². The maximum atomic E-state index is 12.8. The highest BCUT2D eigenvalue weighted by Gasteiger charge is 2.25. The topological polar surface area (TPSA) is 40.6 Å². The minimum absolute atomic E-state index is 0.0317. The van der Waals surface area contributed by atoms with Gasteiger partial charge >= 0.3 is 0 Å². The summed E-state index contributed by atoms with van der Waals surface area (Å²) in [6.45, 7) is 0.546. The number of fused-ring (bicyclic) bond motifs is 1. The molecule has 2 aromatic carbocycles. The second-order valence-electron chi connectivity index (χ2n) is 5.37. The first-order valence-corrected chi connectivity index (χ1v) is 7.41. The minimum Gasteiger partial charge on any atom is -0.314 e. The number of hydrogen-bond acceptors (Lipinski definition) is 2. The van der Waals surface area contributed by atoms with Crippen LogP contribution in [0.4, 0.5) is 11.4 Å². The molecule has 112 valence electrons. The van der Waals surface area contributed by atoms with Crippen molar-refractivity contribution in [2.75, 3.05) is 23.4 Å². The van der Waals surface area contributed by atoms with Crippen LogP contribution in [0.2, 0.25) is 0 Å². The Balaban J connectivity index is 2.04. The third-order valence-corrected chi connectivity index (χ3v) is 3.95. The van der Waals surface area contributed by atoms with Crippen molar-refractivity contribution in [2.45, 2.75) is 12.8 Å². The van der Waals surface area contributed by atoms with Crippen LogP contribution < -0.4 is 9.80 Å². The summed E-state index contributed by atoms with van der Waals surface area (Å²) >= 11 is 0. The van der Waals surface area contributed by atoms with Crippen molar-refractivity contribution >= 4 is 23.2 Å². The fraction of sp³-hybridized carbons (Fsp3) is 0.222. The predicted molar refractivity (Wildman–Crippen MR) is 87.2 cm³/mol. The van der Waals surface area contributed by atoms with Crippen LogP contribution in [-0.2, 0) is 4.79 Å². The summed E-state index contributed by atoms with van der Waals surface area (Å²) in [7, 11) is 1.76. The Kier molecular flexibility index (Phi) is 3.92. The second kappa shape index (κ2) is 6.02. The number of hydrogen-bond donors (Lipinski definition) is 0. The van der Waals surface area contributed by atoms with Crippen molar-refractivity contribution in [3.63, 3.8) is 0 Å². The van der Waals surface area contributed by atoms with E-state index in [1.54, 1.807) is 16.8 Å². The standard InChI is InChI=1S/C18H18N2O2/c1-19-15-10-5-6-11-16(15)20(13-7-12-17(19)21)18(22)14-8-3-2-4-9-14/h2-6,8-11H,7,12-13H2,1H3. The van der Waals surface area contributed by atoms with Crippen LogP contribution in [0.5, 0.6) is 0 Å². The number of carbonyl (C=O) groups is 2. The molecule has 22 heavy (non-hydrogen) atoms. The number of carbonyl (C=O) groups excluding carboxylic acids is 2. The van der Waals surface area contributed by atoms with Crippen LogP contribution in [0, 0.1) is 0 Å². The number of amides is 2. The summed E-state index contributed by atoms with van der Waals surface area (Å²) < 4.78 is 0. The molecule has 1 aliphatic rings. The van der Waals surface area contributed by atoms with E-state index in [0.717, 1.165) is 11.4 Å². The quantitative estimate of drug-likeness (QED) is 0.811. The van der Waals surface area contributed by atoms with Gasteiger partial charge in [-0.25, -0.2) is 0 Å². The fourth-order valence-corrected chi connectivity index (χ4v) is 2.73. The molecule has 1 aliphatic heterocycles. The van der Waals surface area contributed by atoms with E-state index in [0.29, 0.717) is 24.9 Å². The van der Waals surface area contributed by atoms with Crippen LogP contribution >= 0.6 is 0 Å². The van der Waals surface area contributed by atoms with Gasteiger partial charge in [0.2, 0.25) is 5.91 Å². The number of para-hydroxylation sites is 2. The molecule has 4 heteroatoms. The Labute approximate surface area is 130 Å². The number of anilines is 2. The Morgan fingerprint density at radius 3 is 2.32 bits per heavy atom. The van der Waals surface area contributed by atoms with Crippen molar-refractivity contribution in [2.24, 2.45) is 0 Å². The summed E-state index contributed by atoms with van der Waals surface area (Å²) in [5.74, 6) is 0.0510. The molecular formula is C18H18N2O2. The van der Waals surface area contributed by atoms with Gasteiger partial charge in [0.15, 0.2) is 0 Å². The first-order valence-electron chi connectivity index (χ1n) is 7.41. The van der Waals surface area contributed by atoms with Crippen LogP contribution in [0.3, 0.4) is 0 Å². The third-order valence-electron chi connectivity index (χ3n) is 3.95. The maximum absolute atomic E-state index is 12.8. The molecule has 0 saturated heterocycles. The molecule has 0 radical (unpaired) electrons. The Morgan fingerprint density at radius 2 is 1.59 bits per heavy atom. The fourth-order valence-electron chi connectivity index (χ4n) is 2.73. The van der Waals surface area contributed by atoms with E-state index < -0.39 is 0 Å². The molecule has 0 spiro atoms. The highest BCUT2D eigenvalue weighted by Crippen LogP contribution is 2.32. The third kappa shape index (κ3) is 2.60. The van der Waals surface area contributed by atoms with Crippen LogP contribution in [0.1, 0.15) is 23.2 Å². The van der Waals surface area contributed by atoms with Gasteiger partial charge in [0.05, 0.1) is 11.4 Å². The lowest BCUT2D eigenvalue weighted by Crippen LogP contribution is -2.37. The van der Waals surface area contributed by atoms with Crippen molar-refractivity contribution in [3.05, 3.63) is 60.2 Å². The molecular weight excluding hydrogens is 276 g/mol. The summed E-state index contributed by atoms with van der Waals surface area (Å²) in [5, 5.41) is 0. The molecule has 0 fully saturated rings. The highest BCUT2D eigenvalue weighted by atomic mass is 16.2. The Morgan fingerprint density at radius 1 is 0.955 bits per heavy atom. The van der Waals surface area contributed by atoms with Crippen LogP contribution in [-0.4, -0.2) is 25.4 Å². The first kappa shape index (κ1) is 14.3. The van der Waals surface area contributed by atoms with E-state index in [1.807, 2.05) is 54.6 Å². The second-order valence-corrected chi connectivity index (χ2v) is 5.37. The SMILES string of the molecule is CN1C(=O)CCCN(C(=O)c2ccccc2)c2ccccc21. The summed E-state index contributed by atoms with van der Waals surface area (Å²) in [4.78, 5) is 28.3. The lowest BCUT2D eigenvalue weighted by molar-refractivity contribution is -0.118. The van der Waals surface area contributed by atoms with E-state index in [1.165, 1.54) is 0 Å². The Bertz CT molecular complexity index is 697. The predicted octanol–water partition coefficient (Wildman–Crippen LogP) is 3.09. The van der Waals surface area contributed by atoms with Gasteiger partial charge in [-0.1, -0.05) is 30.3 Å². The zero-order valence-corrected chi connectivity index (χ0v) is 12.5. The van der Waals surface area contributed by atoms with Gasteiger partial charge in [-0.3, -0.25) is 9.59 Å². The van der Waals surface area contributed by atoms with Crippen LogP contribution in [0.15, 0.2) is 54.6 Å². The van der Waals surface area contributed by atoms with E-state index in [-0.39, 0.29) is 11.8 Å². The largest absolute Gasteiger partial charge is 0.314 e. The van der Waals surface area contributed by atoms with Crippen molar-refractivity contribution in [3.8, 4) is 0 Å². The summed E-state index contributed by atoms with van der Waals surface area (Å²) in [6.07, 6.45) is 1.11. The van der Waals surface area contributed by atoms with Gasteiger partial charge in [-0.15, -0.1) is 0 Å². The number of nitrogens with zero attached hydrogens (tertiary/aromatic N) is 2. The number of rotatable bonds is 1. The van der Waals surface area contributed by atoms with Gasteiger partial charge in [0.25, 0.3) is 5.91 Å².